The molecule has 3 heterocycles. The van der Waals surface area contributed by atoms with E-state index < -0.39 is 44.7 Å². The van der Waals surface area contributed by atoms with Crippen molar-refractivity contribution < 1.29 is 48.9 Å². The van der Waals surface area contributed by atoms with Crippen molar-refractivity contribution in [1.29, 1.82) is 0 Å². The number of nitrogens with two attached hydrogens (primary N) is 1. The number of fused-ring (bicyclic) bond motifs is 2. The number of nitrogen functional groups attached to an aromatic ring is 1. The van der Waals surface area contributed by atoms with Crippen LogP contribution in [0.15, 0.2) is 36.0 Å². The SMILES string of the molecule is Nc1nc2c(c(=O)[nH]1)=NC1=C([S-])C([S-])=C(COP(=O)(O)O)O[C@H]1N=2.[O]=[Mo+2]=[O]. The van der Waals surface area contributed by atoms with Gasteiger partial charge in [-0.2, -0.15) is 14.8 Å². The Labute approximate surface area is 168 Å². The summed E-state index contributed by atoms with van der Waals surface area (Å²) < 4.78 is 37.6. The average Bonchev–Trinajstić information content (AvgIpc) is 2.55. The first-order valence-electron chi connectivity index (χ1n) is 6.50. The molecule has 1 atom stereocenters. The van der Waals surface area contributed by atoms with Crippen molar-refractivity contribution in [3.05, 3.63) is 42.5 Å². The van der Waals surface area contributed by atoms with Crippen LogP contribution in [-0.4, -0.2) is 32.6 Å². The van der Waals surface area contributed by atoms with E-state index in [-0.39, 0.29) is 38.1 Å². The molecule has 2 aliphatic heterocycles. The summed E-state index contributed by atoms with van der Waals surface area (Å²) in [7, 11) is -4.72. The molecule has 0 radical (unpaired) electrons. The van der Waals surface area contributed by atoms with Crippen LogP contribution in [0.3, 0.4) is 0 Å². The summed E-state index contributed by atoms with van der Waals surface area (Å²) in [6.07, 6.45) is -1.07. The van der Waals surface area contributed by atoms with E-state index in [1.807, 2.05) is 0 Å². The van der Waals surface area contributed by atoms with E-state index in [9.17, 15) is 9.36 Å². The third-order valence-corrected chi connectivity index (χ3v) is 4.35. The quantitative estimate of drug-likeness (QED) is 0.184. The van der Waals surface area contributed by atoms with Gasteiger partial charge in [0.05, 0.1) is 5.70 Å². The van der Waals surface area contributed by atoms with E-state index in [1.54, 1.807) is 0 Å². The van der Waals surface area contributed by atoms with Crippen molar-refractivity contribution in [1.82, 2.24) is 9.97 Å². The molecule has 0 aliphatic carbocycles. The van der Waals surface area contributed by atoms with Gasteiger partial charge in [0.15, 0.2) is 10.8 Å². The van der Waals surface area contributed by atoms with Crippen molar-refractivity contribution in [3.63, 3.8) is 0 Å². The number of phosphoric ester groups is 1. The topological polar surface area (TPSA) is 207 Å². The van der Waals surface area contributed by atoms with E-state index in [1.165, 1.54) is 0 Å². The van der Waals surface area contributed by atoms with Crippen molar-refractivity contribution in [2.45, 2.75) is 6.23 Å². The van der Waals surface area contributed by atoms with Gasteiger partial charge in [-0.15, -0.1) is 0 Å². The molecule has 1 aromatic heterocycles. The van der Waals surface area contributed by atoms with Gasteiger partial charge < -0.3 is 45.5 Å². The molecule has 17 heteroatoms. The van der Waals surface area contributed by atoms with Crippen LogP contribution in [0.2, 0.25) is 0 Å². The summed E-state index contributed by atoms with van der Waals surface area (Å²) in [6.45, 7) is -0.597. The Morgan fingerprint density at radius 1 is 1.33 bits per heavy atom. The number of H-pyrrole nitrogens is 1. The van der Waals surface area contributed by atoms with Crippen LogP contribution in [0.25, 0.3) is 0 Å². The number of hydrogen-bond acceptors (Lipinski definition) is 12. The monoisotopic (exact) mass is 519 g/mol. The van der Waals surface area contributed by atoms with Crippen molar-refractivity contribution >= 4 is 39.0 Å². The van der Waals surface area contributed by atoms with Crippen molar-refractivity contribution in [2.75, 3.05) is 12.3 Å². The van der Waals surface area contributed by atoms with Crippen LogP contribution in [0.5, 0.6) is 0 Å². The van der Waals surface area contributed by atoms with Crippen LogP contribution >= 0.6 is 7.82 Å². The van der Waals surface area contributed by atoms with E-state index in [2.05, 4.69) is 24.5 Å². The molecular weight excluding hydrogens is 509 g/mol. The molecule has 0 amide bonds. The third kappa shape index (κ3) is 5.23. The van der Waals surface area contributed by atoms with Crippen molar-refractivity contribution in [2.24, 2.45) is 9.98 Å². The first-order valence-corrected chi connectivity index (χ1v) is 10.5. The second-order valence-corrected chi connectivity index (χ2v) is 7.02. The Hall–Kier alpha value is -1.60. The third-order valence-electron chi connectivity index (χ3n) is 2.91. The van der Waals surface area contributed by atoms with Gasteiger partial charge in [-0.05, 0) is 0 Å². The molecule has 0 fully saturated rings. The minimum absolute atomic E-state index is 0.00747. The standard InChI is InChI=1S/C10H10N5O6PS2.Mo.2O/c11-10-14-7-4(8(16)15-10)12-3-6(24)5(23)2(21-9(3)13-7)1-20-22(17,18)19;;;/h9,23-24H,1H2,(H2,17,18,19)(H3,11,13,14,15,16);;;/q;+2;;/p-2/t9-;;;/m1.../s1. The minimum atomic E-state index is -4.72. The summed E-state index contributed by atoms with van der Waals surface area (Å²) in [4.78, 5) is 43.7. The van der Waals surface area contributed by atoms with Gasteiger partial charge in [0.2, 0.25) is 12.2 Å². The number of phosphoric acid groups is 1. The second-order valence-electron chi connectivity index (χ2n) is 4.63. The van der Waals surface area contributed by atoms with Gasteiger partial charge in [-0.1, -0.05) is 0 Å². The van der Waals surface area contributed by atoms with E-state index >= 15 is 0 Å². The van der Waals surface area contributed by atoms with Crippen LogP contribution in [0.1, 0.15) is 0 Å². The van der Waals surface area contributed by atoms with Crippen LogP contribution in [0, 0.1) is 0 Å². The van der Waals surface area contributed by atoms with Gasteiger partial charge in [-0.25, -0.2) is 14.5 Å². The van der Waals surface area contributed by atoms with Gasteiger partial charge in [0.1, 0.15) is 12.4 Å². The normalized spacial score (nSPS) is 17.9. The number of hydrogen-bond donors (Lipinski definition) is 4. The molecule has 27 heavy (non-hydrogen) atoms. The fourth-order valence-corrected chi connectivity index (χ4v) is 2.69. The Morgan fingerprint density at radius 3 is 2.56 bits per heavy atom. The summed E-state index contributed by atoms with van der Waals surface area (Å²) in [5, 5.41) is -0.0842. The van der Waals surface area contributed by atoms with Crippen LogP contribution in [0.4, 0.5) is 5.95 Å². The Morgan fingerprint density at radius 2 is 1.96 bits per heavy atom. The fourth-order valence-electron chi connectivity index (χ4n) is 1.93. The molecule has 0 bridgehead atoms. The number of anilines is 1. The number of nitrogens with one attached hydrogen (secondary N) is 1. The van der Waals surface area contributed by atoms with Gasteiger partial charge in [0.25, 0.3) is 5.56 Å². The number of ether oxygens (including phenoxy) is 1. The molecule has 144 valence electrons. The molecule has 5 N–H and O–H groups in total. The summed E-state index contributed by atoms with van der Waals surface area (Å²) >= 11 is 8.22. The van der Waals surface area contributed by atoms with Gasteiger partial charge in [-0.3, -0.25) is 14.3 Å². The van der Waals surface area contributed by atoms with E-state index in [0.717, 1.165) is 0 Å². The average molecular weight is 517 g/mol. The first kappa shape index (κ1) is 21.7. The zero-order valence-electron chi connectivity index (χ0n) is 12.7. The number of nitrogens with zero attached hydrogens (tertiary/aromatic N) is 3. The molecule has 1 aromatic rings. The maximum absolute atomic E-state index is 11.9. The van der Waals surface area contributed by atoms with Crippen LogP contribution in [-0.2, 0) is 64.4 Å². The summed E-state index contributed by atoms with van der Waals surface area (Å²) in [5.41, 5.74) is 4.93. The summed E-state index contributed by atoms with van der Waals surface area (Å²) in [6, 6.07) is 0. The van der Waals surface area contributed by atoms with Crippen LogP contribution < -0.4 is 22.1 Å². The summed E-state index contributed by atoms with van der Waals surface area (Å²) in [5.74, 6) is -0.226. The fraction of sp³-hybridized carbons (Fsp3) is 0.200. The Balaban J connectivity index is 0.000000817. The molecule has 0 saturated carbocycles. The molecule has 13 nitrogen and oxygen atoms in total. The van der Waals surface area contributed by atoms with E-state index in [4.69, 9.17) is 52.3 Å². The van der Waals surface area contributed by atoms with E-state index in [0.29, 0.717) is 0 Å². The zero-order valence-corrected chi connectivity index (χ0v) is 17.3. The van der Waals surface area contributed by atoms with Gasteiger partial charge in [0, 0.05) is 0 Å². The first-order chi connectivity index (χ1) is 12.6. The van der Waals surface area contributed by atoms with Crippen molar-refractivity contribution in [3.8, 4) is 0 Å². The molecule has 2 aliphatic rings. The molecular formula is C10H8MoN5O8PS2. The molecule has 0 unspecified atom stereocenters. The Kier molecular flexibility index (Phi) is 6.91. The molecule has 3 rings (SSSR count). The molecule has 0 aromatic carbocycles. The predicted molar refractivity (Wildman–Crippen MR) is 84.6 cm³/mol. The number of aromatic amines is 1. The Bertz CT molecular complexity index is 1110. The predicted octanol–water partition coefficient (Wildman–Crippen LogP) is -2.65. The maximum atomic E-state index is 11.9. The van der Waals surface area contributed by atoms with Gasteiger partial charge >= 0.3 is 33.1 Å². The molecule has 0 saturated heterocycles. The second kappa shape index (κ2) is 8.61. The number of aromatic nitrogens is 2. The molecule has 0 spiro atoms. The zero-order chi connectivity index (χ0) is 20.4. The number of rotatable bonds is 3.